The zero-order valence-corrected chi connectivity index (χ0v) is 20.9. The maximum absolute atomic E-state index is 13.6. The number of nitrogens with zero attached hydrogens (tertiary/aromatic N) is 1. The number of unbranched alkanes of at least 4 members (excludes halogenated alkanes) is 1. The number of thiophene rings is 1. The van der Waals surface area contributed by atoms with Gasteiger partial charge in [0.15, 0.2) is 5.78 Å². The predicted molar refractivity (Wildman–Crippen MR) is 134 cm³/mol. The van der Waals surface area contributed by atoms with E-state index in [4.69, 9.17) is 10.5 Å². The molecule has 33 heavy (non-hydrogen) atoms. The number of nitrogens with two attached hydrogens (primary N) is 1. The molecule has 1 aromatic heterocycles. The second-order valence-corrected chi connectivity index (χ2v) is 11.8. The van der Waals surface area contributed by atoms with Crippen LogP contribution in [0.4, 0.5) is 0 Å². The van der Waals surface area contributed by atoms with Crippen LogP contribution < -0.4 is 10.5 Å². The first-order valence-corrected chi connectivity index (χ1v) is 13.9. The summed E-state index contributed by atoms with van der Waals surface area (Å²) in [4.78, 5) is 29.2. The van der Waals surface area contributed by atoms with Crippen molar-refractivity contribution >= 4 is 34.8 Å². The van der Waals surface area contributed by atoms with Crippen molar-refractivity contribution in [1.82, 2.24) is 4.90 Å². The van der Waals surface area contributed by atoms with Gasteiger partial charge in [-0.3, -0.25) is 9.59 Å². The number of amides is 1. The van der Waals surface area contributed by atoms with Gasteiger partial charge in [0.25, 0.3) is 5.91 Å². The molecular weight excluding hydrogens is 452 g/mol. The molecule has 1 saturated heterocycles. The number of fused-ring (bicyclic) bond motifs is 3. The molecule has 2 N–H and O–H groups in total. The second kappa shape index (κ2) is 9.43. The van der Waals surface area contributed by atoms with Gasteiger partial charge in [0.1, 0.15) is 5.75 Å². The highest BCUT2D eigenvalue weighted by Crippen LogP contribution is 2.47. The molecule has 0 atom stereocenters. The Balaban J connectivity index is 1.35. The molecule has 5 rings (SSSR count). The smallest absolute Gasteiger partial charge is 0.264 e. The summed E-state index contributed by atoms with van der Waals surface area (Å²) in [5.74, 6) is 2.30. The minimum Gasteiger partial charge on any atom is -0.492 e. The topological polar surface area (TPSA) is 72.6 Å². The number of hydrogen-bond donors (Lipinski definition) is 1. The number of likely N-dealkylation sites (tertiary alicyclic amines) is 1. The average Bonchev–Trinajstić information content (AvgIpc) is 3.39. The third kappa shape index (κ3) is 4.13. The third-order valence-corrected chi connectivity index (χ3v) is 9.95. The van der Waals surface area contributed by atoms with Crippen molar-refractivity contribution < 1.29 is 14.3 Å². The lowest BCUT2D eigenvalue weighted by Crippen LogP contribution is -2.46. The van der Waals surface area contributed by atoms with E-state index in [2.05, 4.69) is 13.0 Å². The highest BCUT2D eigenvalue weighted by Gasteiger charge is 2.44. The fourth-order valence-electron chi connectivity index (χ4n) is 5.33. The molecule has 176 valence electrons. The fraction of sp³-hybridized carbons (Fsp3) is 0.538. The Hall–Kier alpha value is -1.83. The first kappa shape index (κ1) is 22.9. The van der Waals surface area contributed by atoms with Crippen molar-refractivity contribution in [3.05, 3.63) is 45.3 Å². The molecule has 7 heteroatoms. The monoisotopic (exact) mass is 484 g/mol. The van der Waals surface area contributed by atoms with Crippen molar-refractivity contribution in [2.24, 2.45) is 5.73 Å². The minimum atomic E-state index is -0.0245. The van der Waals surface area contributed by atoms with Crippen LogP contribution in [0.2, 0.25) is 0 Å². The number of benzene rings is 1. The number of carbonyl (C=O) groups excluding carboxylic acids is 2. The molecule has 1 aromatic carbocycles. The van der Waals surface area contributed by atoms with E-state index in [-0.39, 0.29) is 17.1 Å². The summed E-state index contributed by atoms with van der Waals surface area (Å²) in [6, 6.07) is 6.27. The van der Waals surface area contributed by atoms with E-state index >= 15 is 0 Å². The van der Waals surface area contributed by atoms with Crippen molar-refractivity contribution in [3.63, 3.8) is 0 Å². The Morgan fingerprint density at radius 1 is 1.27 bits per heavy atom. The van der Waals surface area contributed by atoms with E-state index < -0.39 is 0 Å². The number of piperidine rings is 1. The van der Waals surface area contributed by atoms with Gasteiger partial charge in [0.05, 0.1) is 15.7 Å². The molecule has 1 fully saturated rings. The average molecular weight is 485 g/mol. The molecule has 2 aromatic rings. The summed E-state index contributed by atoms with van der Waals surface area (Å²) in [5.41, 5.74) is 10.1. The van der Waals surface area contributed by atoms with Crippen LogP contribution in [0.15, 0.2) is 22.4 Å². The van der Waals surface area contributed by atoms with E-state index in [9.17, 15) is 9.59 Å². The Morgan fingerprint density at radius 3 is 2.85 bits per heavy atom. The molecule has 3 aliphatic rings. The van der Waals surface area contributed by atoms with Gasteiger partial charge in [0.2, 0.25) is 0 Å². The van der Waals surface area contributed by atoms with Gasteiger partial charge >= 0.3 is 0 Å². The van der Waals surface area contributed by atoms with E-state index in [1.54, 1.807) is 23.1 Å². The molecule has 0 unspecified atom stereocenters. The Labute approximate surface area is 204 Å². The van der Waals surface area contributed by atoms with Crippen LogP contribution in [0.1, 0.15) is 82.2 Å². The van der Waals surface area contributed by atoms with Crippen LogP contribution in [-0.4, -0.2) is 42.0 Å². The lowest BCUT2D eigenvalue weighted by Gasteiger charge is -2.38. The molecule has 1 amide bonds. The number of Topliss-reactive ketones (excluding diaryl/α,β-unsaturated/α-hetero) is 1. The van der Waals surface area contributed by atoms with Gasteiger partial charge in [-0.25, -0.2) is 0 Å². The first-order valence-electron chi connectivity index (χ1n) is 12.1. The van der Waals surface area contributed by atoms with Crippen LogP contribution in [-0.2, 0) is 18.4 Å². The van der Waals surface area contributed by atoms with Gasteiger partial charge in [-0.2, -0.15) is 0 Å². The molecule has 3 heterocycles. The van der Waals surface area contributed by atoms with E-state index in [0.29, 0.717) is 32.7 Å². The van der Waals surface area contributed by atoms with Crippen molar-refractivity contribution in [1.29, 1.82) is 0 Å². The summed E-state index contributed by atoms with van der Waals surface area (Å²) < 4.78 is 7.09. The predicted octanol–water partition coefficient (Wildman–Crippen LogP) is 5.18. The van der Waals surface area contributed by atoms with Crippen LogP contribution in [0.25, 0.3) is 0 Å². The molecule has 1 aliphatic carbocycles. The molecule has 5 nitrogen and oxygen atoms in total. The highest BCUT2D eigenvalue weighted by molar-refractivity contribution is 8.01. The second-order valence-electron chi connectivity index (χ2n) is 9.45. The largest absolute Gasteiger partial charge is 0.492 e. The number of ketones is 1. The van der Waals surface area contributed by atoms with Gasteiger partial charge in [0, 0.05) is 42.6 Å². The van der Waals surface area contributed by atoms with Crippen LogP contribution in [0, 0.1) is 0 Å². The van der Waals surface area contributed by atoms with Crippen LogP contribution in [0.3, 0.4) is 0 Å². The molecule has 1 spiro atoms. The van der Waals surface area contributed by atoms with Gasteiger partial charge in [-0.05, 0) is 55.1 Å². The van der Waals surface area contributed by atoms with Crippen molar-refractivity contribution in [2.75, 3.05) is 25.4 Å². The number of rotatable bonds is 6. The Bertz CT molecular complexity index is 1070. The zero-order chi connectivity index (χ0) is 23.0. The molecule has 0 radical (unpaired) electrons. The number of thioether (sulfide) groups is 1. The van der Waals surface area contributed by atoms with Crippen molar-refractivity contribution in [2.45, 2.75) is 68.0 Å². The number of hydrogen-bond acceptors (Lipinski definition) is 6. The maximum atomic E-state index is 13.6. The Kier molecular flexibility index (Phi) is 6.56. The summed E-state index contributed by atoms with van der Waals surface area (Å²) >= 11 is 3.32. The Morgan fingerprint density at radius 2 is 2.09 bits per heavy atom. The van der Waals surface area contributed by atoms with Gasteiger partial charge in [-0.15, -0.1) is 23.1 Å². The molecule has 0 bridgehead atoms. The summed E-state index contributed by atoms with van der Waals surface area (Å²) in [6.07, 6.45) is 6.34. The number of carbonyl (C=O) groups is 2. The lowest BCUT2D eigenvalue weighted by molar-refractivity contribution is 0.0650. The first-order chi connectivity index (χ1) is 16.1. The normalized spacial score (nSPS) is 18.8. The van der Waals surface area contributed by atoms with Crippen LogP contribution >= 0.6 is 23.1 Å². The molecular formula is C26H32N2O3S2. The molecule has 2 aliphatic heterocycles. The summed E-state index contributed by atoms with van der Waals surface area (Å²) in [7, 11) is 0. The fourth-order valence-corrected chi connectivity index (χ4v) is 8.13. The number of ether oxygens (including phenoxy) is 1. The quantitative estimate of drug-likeness (QED) is 0.452. The van der Waals surface area contributed by atoms with E-state index in [0.717, 1.165) is 75.8 Å². The minimum absolute atomic E-state index is 0.0245. The summed E-state index contributed by atoms with van der Waals surface area (Å²) in [5, 5.41) is 0. The van der Waals surface area contributed by atoms with Gasteiger partial charge in [-0.1, -0.05) is 25.5 Å². The zero-order valence-electron chi connectivity index (χ0n) is 19.3. The standard InChI is InChI=1S/C26H32N2O3S2/c1-2-3-13-32-25-22-18(5-4-6-20(22)29)23(33-25)24(30)28-11-9-26(10-12-28)16-31-21-8-7-17(15-27)14-19(21)26/h7-8,14H,2-6,9-13,15-16,27H2,1H3. The van der Waals surface area contributed by atoms with E-state index in [1.165, 1.54) is 5.56 Å². The lowest BCUT2D eigenvalue weighted by atomic mass is 9.74. The molecule has 0 saturated carbocycles. The summed E-state index contributed by atoms with van der Waals surface area (Å²) in [6.45, 7) is 4.81. The van der Waals surface area contributed by atoms with Gasteiger partial charge < -0.3 is 15.4 Å². The highest BCUT2D eigenvalue weighted by atomic mass is 32.2. The SMILES string of the molecule is CCCCSc1sc(C(=O)N2CCC3(CC2)COc2ccc(CN)cc23)c2c1C(=O)CCC2. The maximum Gasteiger partial charge on any atom is 0.264 e. The van der Waals surface area contributed by atoms with E-state index in [1.807, 2.05) is 17.0 Å². The van der Waals surface area contributed by atoms with Crippen molar-refractivity contribution in [3.8, 4) is 5.75 Å². The third-order valence-electron chi connectivity index (χ3n) is 7.37. The van der Waals surface area contributed by atoms with Crippen LogP contribution in [0.5, 0.6) is 5.75 Å².